The molecule has 0 aliphatic carbocycles. The first kappa shape index (κ1) is 16.7. The van der Waals surface area contributed by atoms with Crippen LogP contribution in [0.5, 0.6) is 0 Å². The molecule has 1 saturated heterocycles. The average molecular weight is 328 g/mol. The van der Waals surface area contributed by atoms with Crippen molar-refractivity contribution in [2.75, 3.05) is 7.11 Å². The van der Waals surface area contributed by atoms with Crippen LogP contribution in [-0.2, 0) is 14.0 Å². The maximum atomic E-state index is 11.5. The van der Waals surface area contributed by atoms with E-state index in [0.717, 1.165) is 11.2 Å². The molecule has 0 spiro atoms. The van der Waals surface area contributed by atoms with Crippen LogP contribution in [0.4, 0.5) is 0 Å². The van der Waals surface area contributed by atoms with Gasteiger partial charge >= 0.3 is 13.1 Å². The summed E-state index contributed by atoms with van der Waals surface area (Å²) in [5.74, 6) is -0.361. The van der Waals surface area contributed by atoms with Gasteiger partial charge in [0, 0.05) is 17.9 Å². The highest BCUT2D eigenvalue weighted by Crippen LogP contribution is 2.36. The molecule has 1 aliphatic heterocycles. The maximum absolute atomic E-state index is 11.5. The third-order valence-corrected chi connectivity index (χ3v) is 4.68. The molecule has 0 saturated carbocycles. The minimum atomic E-state index is -0.446. The van der Waals surface area contributed by atoms with Crippen molar-refractivity contribution in [1.29, 1.82) is 0 Å². The van der Waals surface area contributed by atoms with Crippen LogP contribution in [0.25, 0.3) is 5.69 Å². The Kier molecular flexibility index (Phi) is 4.01. The molecule has 2 aromatic rings. The van der Waals surface area contributed by atoms with Crippen molar-refractivity contribution in [3.05, 3.63) is 42.2 Å². The van der Waals surface area contributed by atoms with Gasteiger partial charge in [-0.2, -0.15) is 5.10 Å². The summed E-state index contributed by atoms with van der Waals surface area (Å²) >= 11 is 0. The van der Waals surface area contributed by atoms with Crippen molar-refractivity contribution >= 4 is 18.6 Å². The molecule has 1 fully saturated rings. The fraction of sp³-hybridized carbons (Fsp3) is 0.412. The first-order valence-electron chi connectivity index (χ1n) is 7.82. The normalized spacial score (nSPS) is 18.6. The molecule has 0 unspecified atom stereocenters. The van der Waals surface area contributed by atoms with E-state index in [9.17, 15) is 4.79 Å². The summed E-state index contributed by atoms with van der Waals surface area (Å²) in [6.45, 7) is 8.07. The predicted molar refractivity (Wildman–Crippen MR) is 90.6 cm³/mol. The summed E-state index contributed by atoms with van der Waals surface area (Å²) in [6.07, 6.45) is 3.60. The number of aromatic nitrogens is 2. The number of nitrogens with zero attached hydrogens (tertiary/aromatic N) is 2. The van der Waals surface area contributed by atoms with Crippen LogP contribution < -0.4 is 5.46 Å². The number of hydrogen-bond acceptors (Lipinski definition) is 5. The molecule has 1 aliphatic rings. The van der Waals surface area contributed by atoms with Gasteiger partial charge in [-0.05, 0) is 52.0 Å². The molecule has 3 rings (SSSR count). The zero-order chi connectivity index (χ0) is 17.5. The number of carbonyl (C=O) groups excluding carboxylic acids is 1. The molecule has 2 heterocycles. The standard InChI is InChI=1S/C17H21BN2O4/c1-16(2)17(3,4)24-18(23-16)13-10-19-20(11-13)14-8-6-12(7-9-14)15(21)22-5/h6-11H,1-5H3. The third-order valence-electron chi connectivity index (χ3n) is 4.68. The van der Waals surface area contributed by atoms with Gasteiger partial charge in [-0.25, -0.2) is 9.48 Å². The highest BCUT2D eigenvalue weighted by Gasteiger charge is 2.52. The molecule has 0 amide bonds. The van der Waals surface area contributed by atoms with Crippen LogP contribution in [0, 0.1) is 0 Å². The van der Waals surface area contributed by atoms with Crippen LogP contribution in [0.3, 0.4) is 0 Å². The molecule has 7 heteroatoms. The third kappa shape index (κ3) is 2.85. The van der Waals surface area contributed by atoms with Gasteiger partial charge in [-0.3, -0.25) is 0 Å². The Morgan fingerprint density at radius 2 is 1.71 bits per heavy atom. The molecule has 6 nitrogen and oxygen atoms in total. The van der Waals surface area contributed by atoms with Crippen LogP contribution in [-0.4, -0.2) is 41.2 Å². The maximum Gasteiger partial charge on any atom is 0.498 e. The van der Waals surface area contributed by atoms with Gasteiger partial charge in [-0.15, -0.1) is 0 Å². The molecule has 0 radical (unpaired) electrons. The van der Waals surface area contributed by atoms with Gasteiger partial charge in [0.15, 0.2) is 0 Å². The molecule has 1 aromatic heterocycles. The number of benzene rings is 1. The summed E-state index contributed by atoms with van der Waals surface area (Å²) in [6, 6.07) is 7.04. The van der Waals surface area contributed by atoms with Crippen LogP contribution in [0.2, 0.25) is 0 Å². The Morgan fingerprint density at radius 1 is 1.12 bits per heavy atom. The second kappa shape index (κ2) is 5.75. The summed E-state index contributed by atoms with van der Waals surface area (Å²) in [4.78, 5) is 11.5. The molecular formula is C17H21BN2O4. The lowest BCUT2D eigenvalue weighted by atomic mass is 9.82. The Bertz CT molecular complexity index is 736. The van der Waals surface area contributed by atoms with Crippen molar-refractivity contribution < 1.29 is 18.8 Å². The van der Waals surface area contributed by atoms with E-state index < -0.39 is 7.12 Å². The Morgan fingerprint density at radius 3 is 2.25 bits per heavy atom. The SMILES string of the molecule is COC(=O)c1ccc(-n2cc(B3OC(C)(C)C(C)(C)O3)cn2)cc1. The molecule has 0 N–H and O–H groups in total. The molecule has 24 heavy (non-hydrogen) atoms. The van der Waals surface area contributed by atoms with E-state index in [-0.39, 0.29) is 17.2 Å². The number of hydrogen-bond donors (Lipinski definition) is 0. The number of esters is 1. The van der Waals surface area contributed by atoms with Crippen LogP contribution in [0.1, 0.15) is 38.1 Å². The van der Waals surface area contributed by atoms with Gasteiger partial charge in [0.1, 0.15) is 0 Å². The Balaban J connectivity index is 1.80. The minimum absolute atomic E-state index is 0.361. The van der Waals surface area contributed by atoms with Gasteiger partial charge in [0.05, 0.1) is 29.6 Å². The van der Waals surface area contributed by atoms with Crippen molar-refractivity contribution in [2.45, 2.75) is 38.9 Å². The second-order valence-electron chi connectivity index (χ2n) is 6.84. The van der Waals surface area contributed by atoms with Gasteiger partial charge in [-0.1, -0.05) is 0 Å². The summed E-state index contributed by atoms with van der Waals surface area (Å²) < 4.78 is 18.5. The van der Waals surface area contributed by atoms with Gasteiger partial charge < -0.3 is 14.0 Å². The summed E-state index contributed by atoms with van der Waals surface area (Å²) in [5, 5.41) is 4.36. The smallest absolute Gasteiger partial charge is 0.465 e. The number of methoxy groups -OCH3 is 1. The highest BCUT2D eigenvalue weighted by molar-refractivity contribution is 6.62. The van der Waals surface area contributed by atoms with Crippen molar-refractivity contribution in [2.24, 2.45) is 0 Å². The van der Waals surface area contributed by atoms with Crippen molar-refractivity contribution in [3.63, 3.8) is 0 Å². The molecule has 0 bridgehead atoms. The van der Waals surface area contributed by atoms with Crippen molar-refractivity contribution in [3.8, 4) is 5.69 Å². The molecular weight excluding hydrogens is 307 g/mol. The molecule has 0 atom stereocenters. The fourth-order valence-corrected chi connectivity index (χ4v) is 2.45. The predicted octanol–water partition coefficient (Wildman–Crippen LogP) is 1.96. The molecule has 126 valence electrons. The lowest BCUT2D eigenvalue weighted by molar-refractivity contribution is 0.00578. The first-order valence-corrected chi connectivity index (χ1v) is 7.82. The lowest BCUT2D eigenvalue weighted by Gasteiger charge is -2.32. The Hall–Kier alpha value is -2.12. The second-order valence-corrected chi connectivity index (χ2v) is 6.84. The monoisotopic (exact) mass is 328 g/mol. The number of ether oxygens (including phenoxy) is 1. The topological polar surface area (TPSA) is 62.6 Å². The van der Waals surface area contributed by atoms with Gasteiger partial charge in [0.2, 0.25) is 0 Å². The van der Waals surface area contributed by atoms with E-state index in [2.05, 4.69) is 5.10 Å². The first-order chi connectivity index (χ1) is 11.2. The van der Waals surface area contributed by atoms with E-state index in [1.54, 1.807) is 23.0 Å². The van der Waals surface area contributed by atoms with Crippen molar-refractivity contribution in [1.82, 2.24) is 9.78 Å². The minimum Gasteiger partial charge on any atom is -0.465 e. The largest absolute Gasteiger partial charge is 0.498 e. The van der Waals surface area contributed by atoms with E-state index >= 15 is 0 Å². The van der Waals surface area contributed by atoms with Crippen LogP contribution >= 0.6 is 0 Å². The number of carbonyl (C=O) groups is 1. The van der Waals surface area contributed by atoms with E-state index in [1.165, 1.54) is 7.11 Å². The Labute approximate surface area is 141 Å². The van der Waals surface area contributed by atoms with E-state index in [4.69, 9.17) is 14.0 Å². The number of rotatable bonds is 3. The molecule has 1 aromatic carbocycles. The average Bonchev–Trinajstić information content (AvgIpc) is 3.10. The lowest BCUT2D eigenvalue weighted by Crippen LogP contribution is -2.41. The summed E-state index contributed by atoms with van der Waals surface area (Å²) in [7, 11) is 0.916. The van der Waals surface area contributed by atoms with E-state index in [1.807, 2.05) is 46.0 Å². The highest BCUT2D eigenvalue weighted by atomic mass is 16.7. The van der Waals surface area contributed by atoms with E-state index in [0.29, 0.717) is 5.56 Å². The zero-order valence-corrected chi connectivity index (χ0v) is 14.6. The van der Waals surface area contributed by atoms with Crippen LogP contribution in [0.15, 0.2) is 36.7 Å². The van der Waals surface area contributed by atoms with Gasteiger partial charge in [0.25, 0.3) is 0 Å². The summed E-state index contributed by atoms with van der Waals surface area (Å²) in [5.41, 5.74) is 1.42. The zero-order valence-electron chi connectivity index (χ0n) is 14.6. The quantitative estimate of drug-likeness (QED) is 0.637. The fourth-order valence-electron chi connectivity index (χ4n) is 2.45.